The third-order valence-corrected chi connectivity index (χ3v) is 9.05. The van der Waals surface area contributed by atoms with Gasteiger partial charge in [-0.15, -0.1) is 0 Å². The van der Waals surface area contributed by atoms with E-state index in [4.69, 9.17) is 9.47 Å². The Morgan fingerprint density at radius 1 is 1.00 bits per heavy atom. The second-order valence-corrected chi connectivity index (χ2v) is 11.9. The average Bonchev–Trinajstić information content (AvgIpc) is 3.02. The van der Waals surface area contributed by atoms with Gasteiger partial charge < -0.3 is 19.7 Å². The van der Waals surface area contributed by atoms with E-state index in [2.05, 4.69) is 52.4 Å². The number of halogens is 1. The van der Waals surface area contributed by atoms with Crippen LogP contribution in [0.15, 0.2) is 58.9 Å². The van der Waals surface area contributed by atoms with E-state index in [1.165, 1.54) is 5.56 Å². The van der Waals surface area contributed by atoms with Gasteiger partial charge in [-0.2, -0.15) is 0 Å². The van der Waals surface area contributed by atoms with Crippen molar-refractivity contribution in [3.63, 3.8) is 0 Å². The van der Waals surface area contributed by atoms with Gasteiger partial charge in [-0.25, -0.2) is 4.39 Å². The fourth-order valence-electron chi connectivity index (χ4n) is 6.42. The van der Waals surface area contributed by atoms with Crippen molar-refractivity contribution in [3.05, 3.63) is 75.6 Å². The molecule has 8 heteroatoms. The Hall–Kier alpha value is -3.33. The van der Waals surface area contributed by atoms with Gasteiger partial charge in [0.2, 0.25) is 0 Å². The molecule has 7 nitrogen and oxygen atoms in total. The molecule has 5 rings (SSSR count). The Morgan fingerprint density at radius 2 is 1.67 bits per heavy atom. The van der Waals surface area contributed by atoms with E-state index < -0.39 is 0 Å². The molecule has 0 aromatic heterocycles. The summed E-state index contributed by atoms with van der Waals surface area (Å²) >= 11 is 0. The second kappa shape index (κ2) is 14.0. The van der Waals surface area contributed by atoms with Gasteiger partial charge in [0.1, 0.15) is 5.83 Å². The topological polar surface area (TPSA) is 71.1 Å². The zero-order chi connectivity index (χ0) is 30.5. The molecule has 2 fully saturated rings. The summed E-state index contributed by atoms with van der Waals surface area (Å²) in [6.45, 7) is 13.9. The Balaban J connectivity index is 1.46. The Labute approximate surface area is 254 Å². The summed E-state index contributed by atoms with van der Waals surface area (Å²) in [6.07, 6.45) is 1.91. The summed E-state index contributed by atoms with van der Waals surface area (Å²) in [5.41, 5.74) is 6.80. The molecule has 0 bridgehead atoms. The van der Waals surface area contributed by atoms with E-state index in [9.17, 15) is 14.0 Å². The fourth-order valence-corrected chi connectivity index (χ4v) is 6.42. The maximum Gasteiger partial charge on any atom is 0.251 e. The van der Waals surface area contributed by atoms with Crippen LogP contribution in [0.25, 0.3) is 11.1 Å². The molecular weight excluding hydrogens is 545 g/mol. The fraction of sp³-hybridized carbons (Fsp3) is 0.486. The second-order valence-electron chi connectivity index (χ2n) is 11.9. The number of nitrogens with one attached hydrogen (secondary N) is 1. The lowest BCUT2D eigenvalue weighted by Crippen LogP contribution is -2.40. The number of rotatable bonds is 9. The lowest BCUT2D eigenvalue weighted by Gasteiger charge is -2.37. The van der Waals surface area contributed by atoms with Gasteiger partial charge in [0.15, 0.2) is 5.78 Å². The van der Waals surface area contributed by atoms with E-state index in [0.29, 0.717) is 28.3 Å². The molecule has 0 unspecified atom stereocenters. The smallest absolute Gasteiger partial charge is 0.251 e. The first-order valence-corrected chi connectivity index (χ1v) is 15.5. The van der Waals surface area contributed by atoms with Crippen LogP contribution < -0.4 is 10.2 Å². The van der Waals surface area contributed by atoms with Crippen molar-refractivity contribution in [1.29, 1.82) is 0 Å². The third-order valence-electron chi connectivity index (χ3n) is 9.05. The van der Waals surface area contributed by atoms with Gasteiger partial charge in [0, 0.05) is 75.2 Å². The minimum absolute atomic E-state index is 0.00308. The van der Waals surface area contributed by atoms with Crippen LogP contribution in [0.4, 0.5) is 10.1 Å². The highest BCUT2D eigenvalue weighted by Gasteiger charge is 2.27. The first kappa shape index (κ1) is 31.1. The zero-order valence-corrected chi connectivity index (χ0v) is 25.9. The normalized spacial score (nSPS) is 18.8. The molecule has 1 aliphatic carbocycles. The SMILES string of the molecule is CCN(c1cc(-c2ccc(CN3CCOCC3)cc2)cc(C(=O)NCC2=C(C)C(F)=C(C)CC2=O)c1C)C1CCOCC1. The average molecular weight is 590 g/mol. The van der Waals surface area contributed by atoms with Gasteiger partial charge in [0.25, 0.3) is 5.91 Å². The number of anilines is 1. The van der Waals surface area contributed by atoms with Crippen LogP contribution in [0.2, 0.25) is 0 Å². The van der Waals surface area contributed by atoms with Gasteiger partial charge >= 0.3 is 0 Å². The molecular formula is C35H44FN3O4. The van der Waals surface area contributed by atoms with Gasteiger partial charge in [-0.3, -0.25) is 14.5 Å². The molecule has 2 saturated heterocycles. The summed E-state index contributed by atoms with van der Waals surface area (Å²) in [6, 6.07) is 13.0. The van der Waals surface area contributed by atoms with Crippen LogP contribution in [0.3, 0.4) is 0 Å². The maximum absolute atomic E-state index is 14.6. The summed E-state index contributed by atoms with van der Waals surface area (Å²) in [5, 5.41) is 2.94. The molecule has 43 heavy (non-hydrogen) atoms. The van der Waals surface area contributed by atoms with Crippen LogP contribution in [-0.2, 0) is 20.8 Å². The standard InChI is InChI=1S/C35H44FN3O4/c1-5-39(29-10-14-42-15-11-29)32-20-28(27-8-6-26(7-9-27)22-38-12-16-43-17-13-38)19-30(24(32)3)35(41)37-21-31-25(4)34(36)23(2)18-33(31)40/h6-9,19-20,29H,5,10-18,21-22H2,1-4H3,(H,37,41). The van der Waals surface area contributed by atoms with Gasteiger partial charge in [-0.1, -0.05) is 24.3 Å². The van der Waals surface area contributed by atoms with Crippen LogP contribution >= 0.6 is 0 Å². The number of hydrogen-bond donors (Lipinski definition) is 1. The van der Waals surface area contributed by atoms with Crippen molar-refractivity contribution in [2.24, 2.45) is 0 Å². The predicted molar refractivity (Wildman–Crippen MR) is 168 cm³/mol. The maximum atomic E-state index is 14.6. The van der Waals surface area contributed by atoms with Crippen molar-refractivity contribution < 1.29 is 23.5 Å². The molecule has 2 aromatic carbocycles. The highest BCUT2D eigenvalue weighted by atomic mass is 19.1. The van der Waals surface area contributed by atoms with Crippen LogP contribution in [0.1, 0.15) is 61.5 Å². The Morgan fingerprint density at radius 3 is 2.35 bits per heavy atom. The number of allylic oxidation sites excluding steroid dienone is 3. The van der Waals surface area contributed by atoms with Crippen molar-refractivity contribution >= 4 is 17.4 Å². The molecule has 2 aromatic rings. The van der Waals surface area contributed by atoms with Crippen molar-refractivity contribution in [2.45, 2.75) is 59.5 Å². The highest BCUT2D eigenvalue weighted by molar-refractivity contribution is 6.03. The Bertz CT molecular complexity index is 1400. The number of hydrogen-bond acceptors (Lipinski definition) is 6. The molecule has 2 aliphatic heterocycles. The molecule has 230 valence electrons. The van der Waals surface area contributed by atoms with E-state index in [0.717, 1.165) is 87.8 Å². The monoisotopic (exact) mass is 589 g/mol. The van der Waals surface area contributed by atoms with E-state index >= 15 is 0 Å². The number of carbonyl (C=O) groups is 2. The minimum Gasteiger partial charge on any atom is -0.381 e. The lowest BCUT2D eigenvalue weighted by molar-refractivity contribution is -0.115. The van der Waals surface area contributed by atoms with Crippen LogP contribution in [0, 0.1) is 6.92 Å². The van der Waals surface area contributed by atoms with E-state index in [1.807, 2.05) is 13.0 Å². The largest absolute Gasteiger partial charge is 0.381 e. The van der Waals surface area contributed by atoms with Gasteiger partial charge in [0.05, 0.1) is 13.2 Å². The minimum atomic E-state index is -0.351. The third kappa shape index (κ3) is 7.08. The van der Waals surface area contributed by atoms with Crippen molar-refractivity contribution in [1.82, 2.24) is 10.2 Å². The van der Waals surface area contributed by atoms with E-state index in [1.54, 1.807) is 13.8 Å². The number of carbonyl (C=O) groups excluding carboxylic acids is 2. The van der Waals surface area contributed by atoms with Crippen LogP contribution in [0.5, 0.6) is 0 Å². The number of ketones is 1. The number of ether oxygens (including phenoxy) is 2. The highest BCUT2D eigenvalue weighted by Crippen LogP contribution is 2.34. The Kier molecular flexibility index (Phi) is 10.1. The zero-order valence-electron chi connectivity index (χ0n) is 25.9. The molecule has 0 radical (unpaired) electrons. The number of amides is 1. The predicted octanol–water partition coefficient (Wildman–Crippen LogP) is 5.76. The van der Waals surface area contributed by atoms with Crippen LogP contribution in [-0.4, -0.2) is 75.2 Å². The lowest BCUT2D eigenvalue weighted by atomic mass is 9.91. The van der Waals surface area contributed by atoms with Crippen molar-refractivity contribution in [3.8, 4) is 11.1 Å². The number of morpholine rings is 1. The number of nitrogens with zero attached hydrogens (tertiary/aromatic N) is 2. The van der Waals surface area contributed by atoms with E-state index in [-0.39, 0.29) is 30.5 Å². The first-order valence-electron chi connectivity index (χ1n) is 15.5. The first-order chi connectivity index (χ1) is 20.8. The molecule has 1 N–H and O–H groups in total. The van der Waals surface area contributed by atoms with Crippen molar-refractivity contribution in [2.75, 3.05) is 57.5 Å². The van der Waals surface area contributed by atoms with Gasteiger partial charge in [-0.05, 0) is 86.1 Å². The molecule has 3 aliphatic rings. The summed E-state index contributed by atoms with van der Waals surface area (Å²) < 4.78 is 25.7. The molecule has 0 atom stereocenters. The summed E-state index contributed by atoms with van der Waals surface area (Å²) in [5.74, 6) is -0.763. The summed E-state index contributed by atoms with van der Waals surface area (Å²) in [4.78, 5) is 31.2. The number of Topliss-reactive ketones (excluding diaryl/α,β-unsaturated/α-hetero) is 1. The molecule has 0 saturated carbocycles. The molecule has 0 spiro atoms. The summed E-state index contributed by atoms with van der Waals surface area (Å²) in [7, 11) is 0. The molecule has 2 heterocycles. The number of benzene rings is 2. The molecule has 1 amide bonds. The quantitative estimate of drug-likeness (QED) is 0.401.